The quantitative estimate of drug-likeness (QED) is 0.835. The van der Waals surface area contributed by atoms with Gasteiger partial charge in [-0.2, -0.15) is 0 Å². The maximum Gasteiger partial charge on any atom is 0.0320 e. The number of aryl methyl sites for hydroxylation is 1. The first-order chi connectivity index (χ1) is 8.13. The molecule has 0 fully saturated rings. The first-order valence-electron chi connectivity index (χ1n) is 6.38. The molecular weight excluding hydrogens is 206 g/mol. The lowest BCUT2D eigenvalue weighted by Gasteiger charge is -2.19. The minimum Gasteiger partial charge on any atom is -0.324 e. The minimum absolute atomic E-state index is 0.143. The molecule has 90 valence electrons. The van der Waals surface area contributed by atoms with Crippen molar-refractivity contribution in [3.8, 4) is 0 Å². The molecule has 0 aliphatic rings. The van der Waals surface area contributed by atoms with Gasteiger partial charge >= 0.3 is 0 Å². The highest BCUT2D eigenvalue weighted by molar-refractivity contribution is 5.86. The third kappa shape index (κ3) is 2.34. The van der Waals surface area contributed by atoms with E-state index in [-0.39, 0.29) is 6.04 Å². The fourth-order valence-electron chi connectivity index (χ4n) is 2.25. The molecule has 1 nitrogen and oxygen atoms in total. The van der Waals surface area contributed by atoms with Gasteiger partial charge in [-0.3, -0.25) is 0 Å². The van der Waals surface area contributed by atoms with E-state index >= 15 is 0 Å². The maximum atomic E-state index is 6.28. The molecule has 2 aromatic carbocycles. The molecule has 2 rings (SSSR count). The molecule has 0 heterocycles. The Labute approximate surface area is 104 Å². The molecule has 17 heavy (non-hydrogen) atoms. The molecule has 0 bridgehead atoms. The summed E-state index contributed by atoms with van der Waals surface area (Å²) in [6, 6.07) is 13.2. The van der Waals surface area contributed by atoms with Gasteiger partial charge in [0.2, 0.25) is 0 Å². The van der Waals surface area contributed by atoms with Crippen molar-refractivity contribution in [3.63, 3.8) is 0 Å². The Hall–Kier alpha value is -1.34. The van der Waals surface area contributed by atoms with Crippen LogP contribution in [0.2, 0.25) is 0 Å². The van der Waals surface area contributed by atoms with E-state index in [0.29, 0.717) is 5.92 Å². The van der Waals surface area contributed by atoms with Crippen molar-refractivity contribution < 1.29 is 0 Å². The van der Waals surface area contributed by atoms with E-state index in [0.717, 1.165) is 6.42 Å². The lowest BCUT2D eigenvalue weighted by Crippen LogP contribution is -2.18. The number of hydrogen-bond donors (Lipinski definition) is 1. The summed E-state index contributed by atoms with van der Waals surface area (Å²) in [5.41, 5.74) is 8.85. The molecule has 2 atom stereocenters. The van der Waals surface area contributed by atoms with Gasteiger partial charge in [0.15, 0.2) is 0 Å². The zero-order valence-electron chi connectivity index (χ0n) is 10.9. The van der Waals surface area contributed by atoms with Crippen LogP contribution in [-0.2, 0) is 0 Å². The van der Waals surface area contributed by atoms with E-state index in [1.165, 1.54) is 21.9 Å². The topological polar surface area (TPSA) is 26.0 Å². The van der Waals surface area contributed by atoms with Gasteiger partial charge in [0, 0.05) is 6.04 Å². The molecule has 0 saturated carbocycles. The van der Waals surface area contributed by atoms with Crippen LogP contribution < -0.4 is 5.73 Å². The molecular formula is C16H21N. The number of fused-ring (bicyclic) bond motifs is 1. The monoisotopic (exact) mass is 227 g/mol. The molecule has 0 aromatic heterocycles. The summed E-state index contributed by atoms with van der Waals surface area (Å²) in [4.78, 5) is 0. The molecule has 0 aliphatic carbocycles. The molecule has 0 amide bonds. The van der Waals surface area contributed by atoms with E-state index in [4.69, 9.17) is 5.73 Å². The van der Waals surface area contributed by atoms with Crippen LogP contribution in [0.3, 0.4) is 0 Å². The standard InChI is InChI=1S/C16H21N/c1-4-11(2)16(17)14-8-9-15-12(3)6-5-7-13(15)10-14/h5-11,16H,4,17H2,1-3H3. The Balaban J connectivity index is 2.45. The van der Waals surface area contributed by atoms with Crippen molar-refractivity contribution in [2.24, 2.45) is 11.7 Å². The average Bonchev–Trinajstić information content (AvgIpc) is 2.37. The summed E-state index contributed by atoms with van der Waals surface area (Å²) >= 11 is 0. The van der Waals surface area contributed by atoms with Crippen molar-refractivity contribution in [1.29, 1.82) is 0 Å². The van der Waals surface area contributed by atoms with Gasteiger partial charge in [-0.25, -0.2) is 0 Å². The third-order valence-corrected chi connectivity index (χ3v) is 3.76. The van der Waals surface area contributed by atoms with Gasteiger partial charge < -0.3 is 5.73 Å². The van der Waals surface area contributed by atoms with Crippen LogP contribution in [0.25, 0.3) is 10.8 Å². The van der Waals surface area contributed by atoms with Crippen molar-refractivity contribution in [2.45, 2.75) is 33.2 Å². The second kappa shape index (κ2) is 4.89. The van der Waals surface area contributed by atoms with Crippen molar-refractivity contribution >= 4 is 10.8 Å². The van der Waals surface area contributed by atoms with E-state index in [9.17, 15) is 0 Å². The van der Waals surface area contributed by atoms with Gasteiger partial charge in [0.05, 0.1) is 0 Å². The Bertz CT molecular complexity index is 516. The van der Waals surface area contributed by atoms with Crippen LogP contribution in [-0.4, -0.2) is 0 Å². The Morgan fingerprint density at radius 2 is 1.94 bits per heavy atom. The Morgan fingerprint density at radius 3 is 2.65 bits per heavy atom. The summed E-state index contributed by atoms with van der Waals surface area (Å²) in [6.45, 7) is 6.55. The van der Waals surface area contributed by atoms with Crippen LogP contribution in [0.5, 0.6) is 0 Å². The first kappa shape index (κ1) is 12.1. The van der Waals surface area contributed by atoms with Crippen molar-refractivity contribution in [2.75, 3.05) is 0 Å². The highest BCUT2D eigenvalue weighted by Crippen LogP contribution is 2.26. The average molecular weight is 227 g/mol. The Kier molecular flexibility index (Phi) is 3.49. The molecule has 0 aliphatic heterocycles. The fraction of sp³-hybridized carbons (Fsp3) is 0.375. The Morgan fingerprint density at radius 1 is 1.18 bits per heavy atom. The van der Waals surface area contributed by atoms with Crippen LogP contribution in [0.1, 0.15) is 37.4 Å². The zero-order chi connectivity index (χ0) is 12.4. The van der Waals surface area contributed by atoms with Gasteiger partial charge in [-0.15, -0.1) is 0 Å². The third-order valence-electron chi connectivity index (χ3n) is 3.76. The van der Waals surface area contributed by atoms with Crippen LogP contribution in [0.15, 0.2) is 36.4 Å². The summed E-state index contributed by atoms with van der Waals surface area (Å²) < 4.78 is 0. The van der Waals surface area contributed by atoms with Crippen LogP contribution in [0.4, 0.5) is 0 Å². The van der Waals surface area contributed by atoms with Crippen molar-refractivity contribution in [3.05, 3.63) is 47.5 Å². The number of rotatable bonds is 3. The second-order valence-corrected chi connectivity index (χ2v) is 4.97. The smallest absolute Gasteiger partial charge is 0.0320 e. The van der Waals surface area contributed by atoms with Crippen molar-refractivity contribution in [1.82, 2.24) is 0 Å². The largest absolute Gasteiger partial charge is 0.324 e. The summed E-state index contributed by atoms with van der Waals surface area (Å²) in [7, 11) is 0. The molecule has 2 N–H and O–H groups in total. The lowest BCUT2D eigenvalue weighted by atomic mass is 9.91. The summed E-state index contributed by atoms with van der Waals surface area (Å²) in [6.07, 6.45) is 1.12. The lowest BCUT2D eigenvalue weighted by molar-refractivity contribution is 0.457. The predicted octanol–water partition coefficient (Wildman–Crippen LogP) is 4.19. The van der Waals surface area contributed by atoms with E-state index in [1.54, 1.807) is 0 Å². The minimum atomic E-state index is 0.143. The van der Waals surface area contributed by atoms with Gasteiger partial charge in [0.1, 0.15) is 0 Å². The molecule has 0 saturated heterocycles. The molecule has 1 heteroatoms. The predicted molar refractivity (Wildman–Crippen MR) is 75.1 cm³/mol. The van der Waals surface area contributed by atoms with Gasteiger partial charge in [-0.05, 0) is 40.8 Å². The summed E-state index contributed by atoms with van der Waals surface area (Å²) in [5.74, 6) is 0.525. The van der Waals surface area contributed by atoms with Gasteiger partial charge in [0.25, 0.3) is 0 Å². The van der Waals surface area contributed by atoms with Crippen LogP contribution in [0, 0.1) is 12.8 Å². The number of hydrogen-bond acceptors (Lipinski definition) is 1. The highest BCUT2D eigenvalue weighted by atomic mass is 14.6. The second-order valence-electron chi connectivity index (χ2n) is 4.97. The van der Waals surface area contributed by atoms with Crippen LogP contribution >= 0.6 is 0 Å². The van der Waals surface area contributed by atoms with E-state index < -0.39 is 0 Å². The highest BCUT2D eigenvalue weighted by Gasteiger charge is 2.13. The normalized spacial score (nSPS) is 14.8. The fourth-order valence-corrected chi connectivity index (χ4v) is 2.25. The molecule has 0 radical (unpaired) electrons. The zero-order valence-corrected chi connectivity index (χ0v) is 10.9. The van der Waals surface area contributed by atoms with E-state index in [2.05, 4.69) is 57.2 Å². The number of nitrogens with two attached hydrogens (primary N) is 1. The maximum absolute atomic E-state index is 6.28. The molecule has 0 spiro atoms. The van der Waals surface area contributed by atoms with Gasteiger partial charge in [-0.1, -0.05) is 50.6 Å². The SMILES string of the molecule is CCC(C)C(N)c1ccc2c(C)cccc2c1. The molecule has 2 unspecified atom stereocenters. The molecule has 2 aromatic rings. The van der Waals surface area contributed by atoms with E-state index in [1.807, 2.05) is 0 Å². The number of benzene rings is 2. The first-order valence-corrected chi connectivity index (χ1v) is 6.38. The summed E-state index contributed by atoms with van der Waals surface area (Å²) in [5, 5.41) is 2.62.